The summed E-state index contributed by atoms with van der Waals surface area (Å²) in [5, 5.41) is 1.76. The van der Waals surface area contributed by atoms with E-state index in [2.05, 4.69) is 4.72 Å². The van der Waals surface area contributed by atoms with Gasteiger partial charge in [-0.05, 0) is 22.9 Å². The molecule has 1 atom stereocenters. The van der Waals surface area contributed by atoms with Crippen molar-refractivity contribution in [2.75, 3.05) is 13.7 Å². The highest BCUT2D eigenvalue weighted by atomic mass is 32.2. The van der Waals surface area contributed by atoms with Crippen LogP contribution < -0.4 is 10.5 Å². The number of sulfonamides is 1. The van der Waals surface area contributed by atoms with E-state index < -0.39 is 10.0 Å². The number of rotatable bonds is 7. The van der Waals surface area contributed by atoms with Gasteiger partial charge in [-0.25, -0.2) is 13.1 Å². The summed E-state index contributed by atoms with van der Waals surface area (Å²) >= 11 is 1.18. The molecule has 0 radical (unpaired) electrons. The van der Waals surface area contributed by atoms with Crippen LogP contribution in [0.25, 0.3) is 0 Å². The van der Waals surface area contributed by atoms with Gasteiger partial charge in [0.15, 0.2) is 0 Å². The Balaban J connectivity index is 2.86. The van der Waals surface area contributed by atoms with Gasteiger partial charge < -0.3 is 10.5 Å². The van der Waals surface area contributed by atoms with E-state index in [1.807, 2.05) is 13.8 Å². The molecule has 1 heterocycles. The van der Waals surface area contributed by atoms with Crippen LogP contribution in [0.3, 0.4) is 0 Å². The Kier molecular flexibility index (Phi) is 5.74. The number of thiophene rings is 1. The molecule has 0 fully saturated rings. The minimum atomic E-state index is -3.48. The van der Waals surface area contributed by atoms with E-state index in [0.717, 1.165) is 5.56 Å². The molecule has 104 valence electrons. The average molecular weight is 292 g/mol. The van der Waals surface area contributed by atoms with Crippen molar-refractivity contribution in [1.29, 1.82) is 0 Å². The molecule has 0 amide bonds. The van der Waals surface area contributed by atoms with E-state index in [4.69, 9.17) is 10.5 Å². The zero-order valence-corrected chi connectivity index (χ0v) is 12.5. The van der Waals surface area contributed by atoms with Crippen molar-refractivity contribution in [3.63, 3.8) is 0 Å². The lowest BCUT2D eigenvalue weighted by Crippen LogP contribution is -2.41. The topological polar surface area (TPSA) is 81.4 Å². The van der Waals surface area contributed by atoms with Gasteiger partial charge in [-0.15, -0.1) is 11.3 Å². The van der Waals surface area contributed by atoms with Crippen molar-refractivity contribution in [2.45, 2.75) is 30.6 Å². The first-order valence-corrected chi connectivity index (χ1v) is 8.05. The third-order valence-corrected chi connectivity index (χ3v) is 5.57. The van der Waals surface area contributed by atoms with Crippen LogP contribution in [0.1, 0.15) is 19.4 Å². The van der Waals surface area contributed by atoms with Gasteiger partial charge in [0.1, 0.15) is 4.21 Å². The van der Waals surface area contributed by atoms with Gasteiger partial charge in [0, 0.05) is 19.7 Å². The van der Waals surface area contributed by atoms with Gasteiger partial charge in [0.25, 0.3) is 0 Å². The second-order valence-electron chi connectivity index (χ2n) is 4.41. The van der Waals surface area contributed by atoms with E-state index in [9.17, 15) is 8.42 Å². The van der Waals surface area contributed by atoms with Crippen LogP contribution in [-0.4, -0.2) is 28.2 Å². The monoisotopic (exact) mass is 292 g/mol. The quantitative estimate of drug-likeness (QED) is 0.790. The lowest BCUT2D eigenvalue weighted by Gasteiger charge is -2.20. The maximum Gasteiger partial charge on any atom is 0.250 e. The molecule has 7 heteroatoms. The largest absolute Gasteiger partial charge is 0.383 e. The molecule has 1 rings (SSSR count). The minimum absolute atomic E-state index is 0.161. The third kappa shape index (κ3) is 4.03. The SMILES string of the molecule is COCC(NS(=O)(=O)c1cc(CN)cs1)C(C)C. The fraction of sp³-hybridized carbons (Fsp3) is 0.636. The first-order chi connectivity index (χ1) is 8.40. The first kappa shape index (κ1) is 15.6. The third-order valence-electron chi connectivity index (χ3n) is 2.59. The zero-order valence-electron chi connectivity index (χ0n) is 10.8. The predicted octanol–water partition coefficient (Wildman–Crippen LogP) is 1.16. The smallest absolute Gasteiger partial charge is 0.250 e. The molecular formula is C11H20N2O3S2. The molecule has 1 unspecified atom stereocenters. The van der Waals surface area contributed by atoms with E-state index in [0.29, 0.717) is 17.4 Å². The van der Waals surface area contributed by atoms with Crippen LogP contribution in [-0.2, 0) is 21.3 Å². The second kappa shape index (κ2) is 6.63. The van der Waals surface area contributed by atoms with Crippen molar-refractivity contribution in [3.05, 3.63) is 17.0 Å². The highest BCUT2D eigenvalue weighted by molar-refractivity contribution is 7.91. The second-order valence-corrected chi connectivity index (χ2v) is 7.26. The predicted molar refractivity (Wildman–Crippen MR) is 73.0 cm³/mol. The summed E-state index contributed by atoms with van der Waals surface area (Å²) in [6.07, 6.45) is 0. The van der Waals surface area contributed by atoms with E-state index in [1.54, 1.807) is 18.6 Å². The summed E-state index contributed by atoms with van der Waals surface area (Å²) in [5.41, 5.74) is 6.30. The Bertz CT molecular complexity index is 468. The van der Waals surface area contributed by atoms with Crippen LogP contribution in [0, 0.1) is 5.92 Å². The minimum Gasteiger partial charge on any atom is -0.383 e. The Morgan fingerprint density at radius 2 is 2.17 bits per heavy atom. The molecule has 1 aromatic rings. The first-order valence-electron chi connectivity index (χ1n) is 5.69. The maximum absolute atomic E-state index is 12.2. The van der Waals surface area contributed by atoms with Crippen LogP contribution in [0.5, 0.6) is 0 Å². The van der Waals surface area contributed by atoms with Crippen molar-refractivity contribution in [3.8, 4) is 0 Å². The summed E-state index contributed by atoms with van der Waals surface area (Å²) in [6.45, 7) is 4.60. The summed E-state index contributed by atoms with van der Waals surface area (Å²) in [7, 11) is -1.93. The molecule has 0 spiro atoms. The van der Waals surface area contributed by atoms with Crippen LogP contribution in [0.15, 0.2) is 15.7 Å². The Morgan fingerprint density at radius 3 is 2.61 bits per heavy atom. The average Bonchev–Trinajstić information content (AvgIpc) is 2.77. The number of methoxy groups -OCH3 is 1. The van der Waals surface area contributed by atoms with Crippen molar-refractivity contribution in [2.24, 2.45) is 11.7 Å². The number of nitrogens with one attached hydrogen (secondary N) is 1. The van der Waals surface area contributed by atoms with E-state index in [-0.39, 0.29) is 12.0 Å². The Labute approximate surface area is 112 Å². The summed E-state index contributed by atoms with van der Waals surface area (Å²) < 4.78 is 32.3. The normalized spacial score (nSPS) is 14.1. The maximum atomic E-state index is 12.2. The van der Waals surface area contributed by atoms with Gasteiger partial charge in [0.2, 0.25) is 10.0 Å². The van der Waals surface area contributed by atoms with Gasteiger partial charge >= 0.3 is 0 Å². The summed E-state index contributed by atoms with van der Waals surface area (Å²) in [6, 6.07) is 1.38. The molecule has 0 saturated heterocycles. The molecule has 0 aliphatic heterocycles. The van der Waals surface area contributed by atoms with Crippen molar-refractivity contribution >= 4 is 21.4 Å². The number of ether oxygens (including phenoxy) is 1. The molecule has 1 aromatic heterocycles. The van der Waals surface area contributed by atoms with Crippen LogP contribution in [0.4, 0.5) is 0 Å². The number of nitrogens with two attached hydrogens (primary N) is 1. The zero-order chi connectivity index (χ0) is 13.8. The molecule has 5 nitrogen and oxygen atoms in total. The van der Waals surface area contributed by atoms with Crippen molar-refractivity contribution < 1.29 is 13.2 Å². The Hall–Kier alpha value is -0.470. The molecule has 0 aliphatic rings. The highest BCUT2D eigenvalue weighted by Crippen LogP contribution is 2.20. The fourth-order valence-electron chi connectivity index (χ4n) is 1.40. The van der Waals surface area contributed by atoms with Crippen LogP contribution >= 0.6 is 11.3 Å². The molecular weight excluding hydrogens is 272 g/mol. The van der Waals surface area contributed by atoms with Gasteiger partial charge in [-0.1, -0.05) is 13.8 Å². The molecule has 3 N–H and O–H groups in total. The highest BCUT2D eigenvalue weighted by Gasteiger charge is 2.23. The van der Waals surface area contributed by atoms with Crippen LogP contribution in [0.2, 0.25) is 0 Å². The van der Waals surface area contributed by atoms with Crippen molar-refractivity contribution in [1.82, 2.24) is 4.72 Å². The lowest BCUT2D eigenvalue weighted by molar-refractivity contribution is 0.157. The summed E-state index contributed by atoms with van der Waals surface area (Å²) in [4.78, 5) is 0. The number of hydrogen-bond donors (Lipinski definition) is 2. The standard InChI is InChI=1S/C11H20N2O3S2/c1-8(2)10(6-16-3)13-18(14,15)11-4-9(5-12)7-17-11/h4,7-8,10,13H,5-6,12H2,1-3H3. The molecule has 0 aromatic carbocycles. The number of hydrogen-bond acceptors (Lipinski definition) is 5. The lowest BCUT2D eigenvalue weighted by atomic mass is 10.1. The van der Waals surface area contributed by atoms with Gasteiger partial charge in [-0.2, -0.15) is 0 Å². The fourth-order valence-corrected chi connectivity index (χ4v) is 4.01. The molecule has 0 aliphatic carbocycles. The summed E-state index contributed by atoms with van der Waals surface area (Å²) in [5.74, 6) is 0.161. The van der Waals surface area contributed by atoms with E-state index >= 15 is 0 Å². The molecule has 0 saturated carbocycles. The molecule has 18 heavy (non-hydrogen) atoms. The Morgan fingerprint density at radius 1 is 1.50 bits per heavy atom. The van der Waals surface area contributed by atoms with Gasteiger partial charge in [-0.3, -0.25) is 0 Å². The molecule has 0 bridgehead atoms. The van der Waals surface area contributed by atoms with Gasteiger partial charge in [0.05, 0.1) is 6.61 Å². The van der Waals surface area contributed by atoms with E-state index in [1.165, 1.54) is 11.3 Å².